The Morgan fingerprint density at radius 2 is 2.18 bits per heavy atom. The number of phenols is 1. The minimum absolute atomic E-state index is 0.135. The number of benzene rings is 1. The molecule has 0 spiro atoms. The average Bonchev–Trinajstić information content (AvgIpc) is 2.69. The first kappa shape index (κ1) is 11.0. The summed E-state index contributed by atoms with van der Waals surface area (Å²) in [5, 5.41) is 17.2. The average molecular weight is 232 g/mol. The number of hydrogen-bond donors (Lipinski definition) is 4. The number of fused-ring (bicyclic) bond motifs is 1. The Morgan fingerprint density at radius 1 is 1.47 bits per heavy atom. The van der Waals surface area contributed by atoms with Gasteiger partial charge in [-0.2, -0.15) is 0 Å². The number of carbonyl (C=O) groups is 1. The fourth-order valence-corrected chi connectivity index (χ4v) is 1.53. The zero-order valence-electron chi connectivity index (χ0n) is 9.19. The molecule has 6 nitrogen and oxygen atoms in total. The number of nitrogens with one attached hydrogen (secondary N) is 2. The molecule has 0 aliphatic heterocycles. The molecule has 1 aromatic heterocycles. The second-order valence-corrected chi connectivity index (χ2v) is 3.70. The normalized spacial score (nSPS) is 10.4. The third-order valence-corrected chi connectivity index (χ3v) is 2.50. The Hall–Kier alpha value is -2.50. The van der Waals surface area contributed by atoms with Gasteiger partial charge in [-0.3, -0.25) is 15.1 Å². The van der Waals surface area contributed by atoms with E-state index in [2.05, 4.69) is 4.98 Å². The number of amides is 1. The fourth-order valence-electron chi connectivity index (χ4n) is 1.53. The van der Waals surface area contributed by atoms with Crippen LogP contribution in [0.5, 0.6) is 5.75 Å². The van der Waals surface area contributed by atoms with Crippen LogP contribution in [0.2, 0.25) is 0 Å². The van der Waals surface area contributed by atoms with Gasteiger partial charge < -0.3 is 15.8 Å². The molecule has 0 unspecified atom stereocenters. The highest BCUT2D eigenvalue weighted by Gasteiger charge is 2.16. The molecule has 0 bridgehead atoms. The number of phenolic OH excluding ortho intramolecular Hbond substituents is 1. The van der Waals surface area contributed by atoms with Gasteiger partial charge in [0.05, 0.1) is 0 Å². The summed E-state index contributed by atoms with van der Waals surface area (Å²) in [6, 6.07) is 6.37. The standard InChI is InChI=1S/C11H12N4O2/c1-15(11(12)13)10(17)9-5-6-4-7(16)2-3-8(6)14-9/h2-5,14,16H,1H3,(H3,12,13). The Kier molecular flexibility index (Phi) is 2.47. The number of aromatic hydroxyl groups is 1. The molecule has 0 atom stereocenters. The molecule has 1 heterocycles. The molecular formula is C11H12N4O2. The monoisotopic (exact) mass is 232 g/mol. The van der Waals surface area contributed by atoms with Crippen molar-refractivity contribution in [1.29, 1.82) is 5.41 Å². The second-order valence-electron chi connectivity index (χ2n) is 3.70. The van der Waals surface area contributed by atoms with Crippen molar-refractivity contribution in [2.24, 2.45) is 5.73 Å². The SMILES string of the molecule is CN(C(=N)N)C(=O)c1cc2cc(O)ccc2[nH]1. The van der Waals surface area contributed by atoms with Crippen molar-refractivity contribution < 1.29 is 9.90 Å². The number of rotatable bonds is 1. The minimum Gasteiger partial charge on any atom is -0.508 e. The van der Waals surface area contributed by atoms with E-state index in [1.165, 1.54) is 13.1 Å². The van der Waals surface area contributed by atoms with Crippen molar-refractivity contribution in [1.82, 2.24) is 9.88 Å². The third kappa shape index (κ3) is 1.92. The largest absolute Gasteiger partial charge is 0.508 e. The van der Waals surface area contributed by atoms with E-state index in [0.717, 1.165) is 15.8 Å². The number of carbonyl (C=O) groups excluding carboxylic acids is 1. The van der Waals surface area contributed by atoms with Gasteiger partial charge in [-0.25, -0.2) is 0 Å². The van der Waals surface area contributed by atoms with Crippen LogP contribution in [0.25, 0.3) is 10.9 Å². The summed E-state index contributed by atoms with van der Waals surface area (Å²) >= 11 is 0. The predicted octanol–water partition coefficient (Wildman–Crippen LogP) is 0.839. The molecule has 0 saturated carbocycles. The summed E-state index contributed by atoms with van der Waals surface area (Å²) in [7, 11) is 1.42. The van der Waals surface area contributed by atoms with E-state index in [9.17, 15) is 9.90 Å². The van der Waals surface area contributed by atoms with Crippen LogP contribution in [0.3, 0.4) is 0 Å². The summed E-state index contributed by atoms with van der Waals surface area (Å²) in [6.45, 7) is 0. The van der Waals surface area contributed by atoms with E-state index in [1.54, 1.807) is 18.2 Å². The summed E-state index contributed by atoms with van der Waals surface area (Å²) in [5.74, 6) is -0.583. The number of nitrogens with two attached hydrogens (primary N) is 1. The Labute approximate surface area is 97.2 Å². The highest BCUT2D eigenvalue weighted by molar-refractivity contribution is 6.05. The predicted molar refractivity (Wildman–Crippen MR) is 64.0 cm³/mol. The first-order chi connectivity index (χ1) is 7.99. The van der Waals surface area contributed by atoms with Crippen molar-refractivity contribution in [2.45, 2.75) is 0 Å². The van der Waals surface area contributed by atoms with E-state index < -0.39 is 5.91 Å². The Bertz CT molecular complexity index is 603. The van der Waals surface area contributed by atoms with Crippen molar-refractivity contribution in [3.8, 4) is 5.75 Å². The van der Waals surface area contributed by atoms with Crippen molar-refractivity contribution >= 4 is 22.8 Å². The number of H-pyrrole nitrogens is 1. The van der Waals surface area contributed by atoms with E-state index in [0.29, 0.717) is 5.69 Å². The van der Waals surface area contributed by atoms with Crippen molar-refractivity contribution in [3.63, 3.8) is 0 Å². The number of nitrogens with zero attached hydrogens (tertiary/aromatic N) is 1. The number of aromatic nitrogens is 1. The van der Waals surface area contributed by atoms with Gasteiger partial charge >= 0.3 is 0 Å². The molecule has 0 fully saturated rings. The van der Waals surface area contributed by atoms with E-state index in [4.69, 9.17) is 11.1 Å². The molecule has 0 saturated heterocycles. The van der Waals surface area contributed by atoms with Gasteiger partial charge in [-0.1, -0.05) is 0 Å². The maximum absolute atomic E-state index is 11.9. The van der Waals surface area contributed by atoms with E-state index >= 15 is 0 Å². The van der Waals surface area contributed by atoms with Crippen LogP contribution in [0, 0.1) is 5.41 Å². The first-order valence-corrected chi connectivity index (χ1v) is 4.93. The molecule has 1 aromatic carbocycles. The molecular weight excluding hydrogens is 220 g/mol. The molecule has 2 rings (SSSR count). The maximum Gasteiger partial charge on any atom is 0.276 e. The molecule has 0 aliphatic rings. The summed E-state index contributed by atoms with van der Waals surface area (Å²) in [5.41, 5.74) is 6.29. The van der Waals surface area contributed by atoms with Gasteiger partial charge in [0, 0.05) is 18.0 Å². The molecule has 2 aromatic rings. The van der Waals surface area contributed by atoms with Crippen LogP contribution >= 0.6 is 0 Å². The first-order valence-electron chi connectivity index (χ1n) is 4.93. The molecule has 5 N–H and O–H groups in total. The van der Waals surface area contributed by atoms with Gasteiger partial charge in [-0.15, -0.1) is 0 Å². The van der Waals surface area contributed by atoms with Crippen LogP contribution in [0.4, 0.5) is 0 Å². The summed E-state index contributed by atoms with van der Waals surface area (Å²) in [4.78, 5) is 15.8. The van der Waals surface area contributed by atoms with Crippen LogP contribution in [-0.2, 0) is 0 Å². The lowest BCUT2D eigenvalue weighted by Crippen LogP contribution is -2.38. The third-order valence-electron chi connectivity index (χ3n) is 2.50. The lowest BCUT2D eigenvalue weighted by Gasteiger charge is -2.12. The summed E-state index contributed by atoms with van der Waals surface area (Å²) < 4.78 is 0. The number of aromatic amines is 1. The zero-order valence-corrected chi connectivity index (χ0v) is 9.19. The molecule has 17 heavy (non-hydrogen) atoms. The molecule has 0 radical (unpaired) electrons. The summed E-state index contributed by atoms with van der Waals surface area (Å²) in [6.07, 6.45) is 0. The molecule has 88 valence electrons. The molecule has 1 amide bonds. The van der Waals surface area contributed by atoms with E-state index in [-0.39, 0.29) is 11.7 Å². The van der Waals surface area contributed by atoms with Gasteiger partial charge in [0.15, 0.2) is 5.96 Å². The van der Waals surface area contributed by atoms with Gasteiger partial charge in [0.25, 0.3) is 5.91 Å². The van der Waals surface area contributed by atoms with Crippen molar-refractivity contribution in [3.05, 3.63) is 30.0 Å². The van der Waals surface area contributed by atoms with E-state index in [1.807, 2.05) is 0 Å². The Morgan fingerprint density at radius 3 is 2.82 bits per heavy atom. The highest BCUT2D eigenvalue weighted by atomic mass is 16.3. The smallest absolute Gasteiger partial charge is 0.276 e. The molecule has 6 heteroatoms. The van der Waals surface area contributed by atoms with Crippen LogP contribution < -0.4 is 5.73 Å². The quantitative estimate of drug-likeness (QED) is 0.432. The minimum atomic E-state index is -0.395. The fraction of sp³-hybridized carbons (Fsp3) is 0.0909. The number of hydrogen-bond acceptors (Lipinski definition) is 3. The van der Waals surface area contributed by atoms with Crippen LogP contribution in [0.1, 0.15) is 10.5 Å². The topological polar surface area (TPSA) is 106 Å². The highest BCUT2D eigenvalue weighted by Crippen LogP contribution is 2.21. The van der Waals surface area contributed by atoms with Crippen molar-refractivity contribution in [2.75, 3.05) is 7.05 Å². The van der Waals surface area contributed by atoms with Crippen LogP contribution in [-0.4, -0.2) is 33.9 Å². The van der Waals surface area contributed by atoms with Gasteiger partial charge in [0.2, 0.25) is 0 Å². The lowest BCUT2D eigenvalue weighted by atomic mass is 10.2. The van der Waals surface area contributed by atoms with Gasteiger partial charge in [-0.05, 0) is 24.3 Å². The number of guanidine groups is 1. The molecule has 0 aliphatic carbocycles. The zero-order chi connectivity index (χ0) is 12.6. The Balaban J connectivity index is 2.43. The lowest BCUT2D eigenvalue weighted by molar-refractivity contribution is 0.0864. The second kappa shape index (κ2) is 3.82. The van der Waals surface area contributed by atoms with Crippen LogP contribution in [0.15, 0.2) is 24.3 Å². The maximum atomic E-state index is 11.9. The van der Waals surface area contributed by atoms with Gasteiger partial charge in [0.1, 0.15) is 11.4 Å².